The van der Waals surface area contributed by atoms with Crippen LogP contribution in [0.5, 0.6) is 0 Å². The molecule has 4 N–H and O–H groups in total. The van der Waals surface area contributed by atoms with Gasteiger partial charge in [-0.05, 0) is 56.2 Å². The highest BCUT2D eigenvalue weighted by molar-refractivity contribution is 6.31. The van der Waals surface area contributed by atoms with Crippen molar-refractivity contribution >= 4 is 52.4 Å². The van der Waals surface area contributed by atoms with Crippen LogP contribution in [0.15, 0.2) is 54.7 Å². The SMILES string of the molecule is CCNC(=O)Nc1cc(Nc2ccc(F)c(Cl)c2)c(C(=O)Nc2ccc(CCC(=O)OCC)cc2)cn1. The number of amides is 3. The molecule has 3 rings (SSSR count). The van der Waals surface area contributed by atoms with Gasteiger partial charge in [0.05, 0.1) is 22.9 Å². The predicted molar refractivity (Wildman–Crippen MR) is 141 cm³/mol. The Labute approximate surface area is 218 Å². The summed E-state index contributed by atoms with van der Waals surface area (Å²) in [6.07, 6.45) is 2.10. The zero-order valence-electron chi connectivity index (χ0n) is 20.4. The van der Waals surface area contributed by atoms with E-state index in [0.29, 0.717) is 36.6 Å². The molecular weight excluding hydrogens is 501 g/mol. The molecule has 0 fully saturated rings. The number of aryl methyl sites for hydroxylation is 1. The van der Waals surface area contributed by atoms with Crippen molar-refractivity contribution in [3.05, 3.63) is 76.7 Å². The maximum Gasteiger partial charge on any atom is 0.320 e. The van der Waals surface area contributed by atoms with Crippen LogP contribution in [0.1, 0.15) is 36.2 Å². The molecule has 0 atom stereocenters. The largest absolute Gasteiger partial charge is 0.466 e. The highest BCUT2D eigenvalue weighted by atomic mass is 35.5. The van der Waals surface area contributed by atoms with Crippen LogP contribution in [-0.2, 0) is 16.0 Å². The molecule has 2 aromatic carbocycles. The summed E-state index contributed by atoms with van der Waals surface area (Å²) in [5.74, 6) is -1.11. The summed E-state index contributed by atoms with van der Waals surface area (Å²) in [6.45, 7) is 4.30. The number of urea groups is 1. The standard InChI is InChI=1S/C26H27ClFN5O4/c1-3-29-26(36)33-23-14-22(31-18-10-11-21(28)20(27)13-18)19(15-30-23)25(35)32-17-8-5-16(6-9-17)7-12-24(34)37-4-2/h5-6,8-11,13-15H,3-4,7,12H2,1-2H3,(H,32,35)(H3,29,30,31,33,36). The predicted octanol–water partition coefficient (Wildman–Crippen LogP) is 5.51. The summed E-state index contributed by atoms with van der Waals surface area (Å²) in [7, 11) is 0. The van der Waals surface area contributed by atoms with Crippen LogP contribution in [0.3, 0.4) is 0 Å². The minimum absolute atomic E-state index is 0.0891. The van der Waals surface area contributed by atoms with Gasteiger partial charge in [0.15, 0.2) is 0 Å². The van der Waals surface area contributed by atoms with Crippen molar-refractivity contribution in [2.75, 3.05) is 29.1 Å². The molecule has 3 aromatic rings. The van der Waals surface area contributed by atoms with Gasteiger partial charge >= 0.3 is 12.0 Å². The average molecular weight is 528 g/mol. The topological polar surface area (TPSA) is 121 Å². The lowest BCUT2D eigenvalue weighted by atomic mass is 10.1. The number of pyridine rings is 1. The maximum atomic E-state index is 13.6. The molecule has 0 aliphatic carbocycles. The number of esters is 1. The number of halogens is 2. The molecule has 37 heavy (non-hydrogen) atoms. The summed E-state index contributed by atoms with van der Waals surface area (Å²) in [6, 6.07) is 12.2. The van der Waals surface area contributed by atoms with Crippen molar-refractivity contribution in [3.63, 3.8) is 0 Å². The minimum atomic E-state index is -0.579. The molecular formula is C26H27ClFN5O4. The first kappa shape index (κ1) is 27.4. The molecule has 0 spiro atoms. The van der Waals surface area contributed by atoms with E-state index in [4.69, 9.17) is 16.3 Å². The Balaban J connectivity index is 1.79. The molecule has 0 unspecified atom stereocenters. The first-order chi connectivity index (χ1) is 17.8. The summed E-state index contributed by atoms with van der Waals surface area (Å²) in [4.78, 5) is 40.8. The third-order valence-corrected chi connectivity index (χ3v) is 5.35. The van der Waals surface area contributed by atoms with E-state index in [1.807, 2.05) is 12.1 Å². The van der Waals surface area contributed by atoms with E-state index in [1.165, 1.54) is 30.5 Å². The second kappa shape index (κ2) is 13.2. The lowest BCUT2D eigenvalue weighted by Crippen LogP contribution is -2.28. The van der Waals surface area contributed by atoms with E-state index in [2.05, 4.69) is 26.3 Å². The molecule has 194 valence electrons. The van der Waals surface area contributed by atoms with Crippen LogP contribution in [-0.4, -0.2) is 36.0 Å². The molecule has 0 aliphatic rings. The van der Waals surface area contributed by atoms with Gasteiger partial charge in [-0.3, -0.25) is 14.9 Å². The second-order valence-corrected chi connectivity index (χ2v) is 8.22. The summed E-state index contributed by atoms with van der Waals surface area (Å²) in [5, 5.41) is 10.9. The number of hydrogen-bond acceptors (Lipinski definition) is 6. The van der Waals surface area contributed by atoms with Gasteiger partial charge in [0.25, 0.3) is 5.91 Å². The van der Waals surface area contributed by atoms with E-state index in [0.717, 1.165) is 5.56 Å². The molecule has 1 heterocycles. The lowest BCUT2D eigenvalue weighted by Gasteiger charge is -2.15. The summed E-state index contributed by atoms with van der Waals surface area (Å²) < 4.78 is 18.5. The molecule has 0 saturated heterocycles. The van der Waals surface area contributed by atoms with E-state index in [9.17, 15) is 18.8 Å². The second-order valence-electron chi connectivity index (χ2n) is 7.81. The number of nitrogens with one attached hydrogen (secondary N) is 4. The Morgan fingerprint density at radius 2 is 1.73 bits per heavy atom. The number of anilines is 4. The van der Waals surface area contributed by atoms with E-state index in [-0.39, 0.29) is 28.8 Å². The van der Waals surface area contributed by atoms with Crippen LogP contribution < -0.4 is 21.3 Å². The Kier molecular flexibility index (Phi) is 9.79. The van der Waals surface area contributed by atoms with Crippen LogP contribution in [0.25, 0.3) is 0 Å². The number of nitrogens with zero attached hydrogens (tertiary/aromatic N) is 1. The van der Waals surface area contributed by atoms with Crippen LogP contribution in [0.4, 0.5) is 32.1 Å². The molecule has 0 saturated carbocycles. The molecule has 0 aliphatic heterocycles. The van der Waals surface area contributed by atoms with Crippen molar-refractivity contribution in [2.24, 2.45) is 0 Å². The van der Waals surface area contributed by atoms with Crippen LogP contribution in [0.2, 0.25) is 5.02 Å². The minimum Gasteiger partial charge on any atom is -0.466 e. The Hall–Kier alpha value is -4.18. The normalized spacial score (nSPS) is 10.4. The van der Waals surface area contributed by atoms with E-state index >= 15 is 0 Å². The van der Waals surface area contributed by atoms with Crippen LogP contribution in [0, 0.1) is 5.82 Å². The van der Waals surface area contributed by atoms with Gasteiger partial charge in [0.1, 0.15) is 11.6 Å². The van der Waals surface area contributed by atoms with Gasteiger partial charge < -0.3 is 20.7 Å². The molecule has 11 heteroatoms. The number of benzene rings is 2. The summed E-state index contributed by atoms with van der Waals surface area (Å²) in [5.41, 5.74) is 2.37. The molecule has 0 bridgehead atoms. The third kappa shape index (κ3) is 8.18. The van der Waals surface area contributed by atoms with Crippen molar-refractivity contribution in [1.82, 2.24) is 10.3 Å². The molecule has 1 aromatic heterocycles. The number of ether oxygens (including phenoxy) is 1. The Bertz CT molecular complexity index is 1270. The van der Waals surface area contributed by atoms with Crippen molar-refractivity contribution in [1.29, 1.82) is 0 Å². The highest BCUT2D eigenvalue weighted by Crippen LogP contribution is 2.27. The maximum absolute atomic E-state index is 13.6. The zero-order valence-corrected chi connectivity index (χ0v) is 21.1. The van der Waals surface area contributed by atoms with E-state index in [1.54, 1.807) is 26.0 Å². The fourth-order valence-electron chi connectivity index (χ4n) is 3.29. The average Bonchev–Trinajstić information content (AvgIpc) is 2.86. The lowest BCUT2D eigenvalue weighted by molar-refractivity contribution is -0.143. The van der Waals surface area contributed by atoms with Gasteiger partial charge in [0.2, 0.25) is 0 Å². The molecule has 3 amide bonds. The monoisotopic (exact) mass is 527 g/mol. The number of carbonyl (C=O) groups is 3. The smallest absolute Gasteiger partial charge is 0.320 e. The van der Waals surface area contributed by atoms with Gasteiger partial charge in [-0.2, -0.15) is 0 Å². The first-order valence-corrected chi connectivity index (χ1v) is 12.0. The Morgan fingerprint density at radius 1 is 1.00 bits per heavy atom. The third-order valence-electron chi connectivity index (χ3n) is 5.06. The van der Waals surface area contributed by atoms with Gasteiger partial charge in [0, 0.05) is 36.6 Å². The van der Waals surface area contributed by atoms with Crippen molar-refractivity contribution in [3.8, 4) is 0 Å². The number of aromatic nitrogens is 1. The fourth-order valence-corrected chi connectivity index (χ4v) is 3.47. The Morgan fingerprint density at radius 3 is 2.41 bits per heavy atom. The highest BCUT2D eigenvalue weighted by Gasteiger charge is 2.16. The first-order valence-electron chi connectivity index (χ1n) is 11.6. The molecule has 0 radical (unpaired) electrons. The quantitative estimate of drug-likeness (QED) is 0.258. The van der Waals surface area contributed by atoms with Gasteiger partial charge in [-0.15, -0.1) is 0 Å². The summed E-state index contributed by atoms with van der Waals surface area (Å²) >= 11 is 5.90. The van der Waals surface area contributed by atoms with Crippen molar-refractivity contribution < 1.29 is 23.5 Å². The van der Waals surface area contributed by atoms with Gasteiger partial charge in [-0.25, -0.2) is 14.2 Å². The van der Waals surface area contributed by atoms with E-state index < -0.39 is 17.8 Å². The van der Waals surface area contributed by atoms with Crippen molar-refractivity contribution in [2.45, 2.75) is 26.7 Å². The zero-order chi connectivity index (χ0) is 26.8. The van der Waals surface area contributed by atoms with Gasteiger partial charge in [-0.1, -0.05) is 23.7 Å². The van der Waals surface area contributed by atoms with Crippen LogP contribution >= 0.6 is 11.6 Å². The number of rotatable bonds is 10. The molecule has 9 nitrogen and oxygen atoms in total. The fraction of sp³-hybridized carbons (Fsp3) is 0.231. The number of carbonyl (C=O) groups excluding carboxylic acids is 3. The number of hydrogen-bond donors (Lipinski definition) is 4.